The van der Waals surface area contributed by atoms with Crippen molar-refractivity contribution in [3.8, 4) is 0 Å². The van der Waals surface area contributed by atoms with Gasteiger partial charge in [-0.3, -0.25) is 14.9 Å². The van der Waals surface area contributed by atoms with Crippen LogP contribution in [0.15, 0.2) is 18.2 Å². The minimum atomic E-state index is -0.700. The Morgan fingerprint density at radius 2 is 2.09 bits per heavy atom. The SMILES string of the molecule is C[C@H](OC(=O)CC[C@H]1NC(=O)NC1=O)c1ccc(Cl)cc1Cl. The summed E-state index contributed by atoms with van der Waals surface area (Å²) in [6.07, 6.45) is -0.352. The number of hydrogen-bond acceptors (Lipinski definition) is 4. The second kappa shape index (κ2) is 6.98. The average molecular weight is 345 g/mol. The molecule has 0 unspecified atom stereocenters. The number of ether oxygens (including phenoxy) is 1. The highest BCUT2D eigenvalue weighted by atomic mass is 35.5. The van der Waals surface area contributed by atoms with Crippen LogP contribution in [-0.2, 0) is 14.3 Å². The molecule has 1 aromatic carbocycles. The van der Waals surface area contributed by atoms with E-state index >= 15 is 0 Å². The first-order valence-corrected chi connectivity index (χ1v) is 7.38. The van der Waals surface area contributed by atoms with Gasteiger partial charge in [-0.15, -0.1) is 0 Å². The van der Waals surface area contributed by atoms with E-state index in [1.165, 1.54) is 0 Å². The molecule has 0 aromatic heterocycles. The van der Waals surface area contributed by atoms with E-state index in [2.05, 4.69) is 10.6 Å². The number of urea groups is 1. The third kappa shape index (κ3) is 4.11. The number of benzene rings is 1. The first-order valence-electron chi connectivity index (χ1n) is 6.62. The van der Waals surface area contributed by atoms with Crippen molar-refractivity contribution in [1.82, 2.24) is 10.6 Å². The molecule has 2 atom stereocenters. The molecule has 6 nitrogen and oxygen atoms in total. The molecule has 1 aliphatic heterocycles. The summed E-state index contributed by atoms with van der Waals surface area (Å²) in [5, 5.41) is 5.42. The molecule has 3 amide bonds. The van der Waals surface area contributed by atoms with Gasteiger partial charge in [-0.05, 0) is 25.5 Å². The molecule has 1 fully saturated rings. The summed E-state index contributed by atoms with van der Waals surface area (Å²) in [5.74, 6) is -0.918. The summed E-state index contributed by atoms with van der Waals surface area (Å²) in [4.78, 5) is 34.1. The summed E-state index contributed by atoms with van der Waals surface area (Å²) in [6, 6.07) is 3.67. The number of carbonyl (C=O) groups excluding carboxylic acids is 3. The number of esters is 1. The van der Waals surface area contributed by atoms with Crippen molar-refractivity contribution in [1.29, 1.82) is 0 Å². The van der Waals surface area contributed by atoms with Crippen LogP contribution >= 0.6 is 23.2 Å². The maximum Gasteiger partial charge on any atom is 0.322 e. The molecule has 0 saturated carbocycles. The number of halogens is 2. The van der Waals surface area contributed by atoms with Crippen molar-refractivity contribution in [2.45, 2.75) is 31.9 Å². The number of imide groups is 1. The lowest BCUT2D eigenvalue weighted by Gasteiger charge is -2.15. The molecule has 8 heteroatoms. The van der Waals surface area contributed by atoms with Gasteiger partial charge in [0.25, 0.3) is 5.91 Å². The number of rotatable bonds is 5. The molecule has 0 aliphatic carbocycles. The zero-order valence-corrected chi connectivity index (χ0v) is 13.2. The van der Waals surface area contributed by atoms with Gasteiger partial charge in [-0.1, -0.05) is 29.3 Å². The molecule has 0 radical (unpaired) electrons. The van der Waals surface area contributed by atoms with E-state index in [9.17, 15) is 14.4 Å². The smallest absolute Gasteiger partial charge is 0.322 e. The van der Waals surface area contributed by atoms with Crippen molar-refractivity contribution in [3.63, 3.8) is 0 Å². The highest BCUT2D eigenvalue weighted by molar-refractivity contribution is 6.35. The fourth-order valence-corrected chi connectivity index (χ4v) is 2.64. The fraction of sp³-hybridized carbons (Fsp3) is 0.357. The number of nitrogens with one attached hydrogen (secondary N) is 2. The molecule has 22 heavy (non-hydrogen) atoms. The lowest BCUT2D eigenvalue weighted by Crippen LogP contribution is -2.29. The Morgan fingerprint density at radius 3 is 2.68 bits per heavy atom. The van der Waals surface area contributed by atoms with Crippen LogP contribution in [0, 0.1) is 0 Å². The van der Waals surface area contributed by atoms with Crippen LogP contribution < -0.4 is 10.6 Å². The summed E-state index contributed by atoms with van der Waals surface area (Å²) in [6.45, 7) is 1.69. The van der Waals surface area contributed by atoms with Crippen LogP contribution in [0.25, 0.3) is 0 Å². The Hall–Kier alpha value is -1.79. The van der Waals surface area contributed by atoms with E-state index in [-0.39, 0.29) is 12.8 Å². The van der Waals surface area contributed by atoms with E-state index < -0.39 is 30.1 Å². The van der Waals surface area contributed by atoms with Gasteiger partial charge < -0.3 is 10.1 Å². The second-order valence-electron chi connectivity index (χ2n) is 4.85. The lowest BCUT2D eigenvalue weighted by molar-refractivity contribution is -0.148. The van der Waals surface area contributed by atoms with Crippen LogP contribution in [0.2, 0.25) is 10.0 Å². The average Bonchev–Trinajstić information content (AvgIpc) is 2.74. The topological polar surface area (TPSA) is 84.5 Å². The van der Waals surface area contributed by atoms with Crippen LogP contribution in [0.4, 0.5) is 4.79 Å². The van der Waals surface area contributed by atoms with Gasteiger partial charge in [0.15, 0.2) is 0 Å². The summed E-state index contributed by atoms with van der Waals surface area (Å²) < 4.78 is 5.27. The zero-order chi connectivity index (χ0) is 16.3. The monoisotopic (exact) mass is 344 g/mol. The molecule has 118 valence electrons. The molecule has 2 N–H and O–H groups in total. The van der Waals surface area contributed by atoms with E-state index in [0.29, 0.717) is 15.6 Å². The summed E-state index contributed by atoms with van der Waals surface area (Å²) >= 11 is 11.9. The normalized spacial score (nSPS) is 18.6. The second-order valence-corrected chi connectivity index (χ2v) is 5.70. The van der Waals surface area contributed by atoms with Crippen molar-refractivity contribution >= 4 is 41.1 Å². The van der Waals surface area contributed by atoms with Crippen LogP contribution in [0.1, 0.15) is 31.4 Å². The fourth-order valence-electron chi connectivity index (χ4n) is 2.08. The third-order valence-electron chi connectivity index (χ3n) is 3.20. The Labute approximate surface area is 137 Å². The van der Waals surface area contributed by atoms with Gasteiger partial charge in [-0.25, -0.2) is 4.79 Å². The molecule has 1 aliphatic rings. The van der Waals surface area contributed by atoms with Gasteiger partial charge in [0.2, 0.25) is 0 Å². The predicted molar refractivity (Wildman–Crippen MR) is 80.7 cm³/mol. The quantitative estimate of drug-likeness (QED) is 0.635. The lowest BCUT2D eigenvalue weighted by atomic mass is 10.1. The van der Waals surface area contributed by atoms with Crippen LogP contribution in [-0.4, -0.2) is 23.9 Å². The molecule has 0 bridgehead atoms. The third-order valence-corrected chi connectivity index (χ3v) is 3.77. The van der Waals surface area contributed by atoms with Crippen molar-refractivity contribution in [2.75, 3.05) is 0 Å². The Balaban J connectivity index is 1.86. The minimum Gasteiger partial charge on any atom is -0.458 e. The highest BCUT2D eigenvalue weighted by Crippen LogP contribution is 2.28. The first kappa shape index (κ1) is 16.6. The van der Waals surface area contributed by atoms with Gasteiger partial charge in [0.05, 0.1) is 0 Å². The highest BCUT2D eigenvalue weighted by Gasteiger charge is 2.29. The number of hydrogen-bond donors (Lipinski definition) is 2. The molecular formula is C14H14Cl2N2O4. The van der Waals surface area contributed by atoms with E-state index in [1.807, 2.05) is 0 Å². The Kier molecular flexibility index (Phi) is 5.26. The van der Waals surface area contributed by atoms with Crippen molar-refractivity contribution in [3.05, 3.63) is 33.8 Å². The van der Waals surface area contributed by atoms with Crippen molar-refractivity contribution < 1.29 is 19.1 Å². The zero-order valence-electron chi connectivity index (χ0n) is 11.7. The predicted octanol–water partition coefficient (Wildman–Crippen LogP) is 2.59. The molecule has 1 aromatic rings. The molecular weight excluding hydrogens is 331 g/mol. The number of carbonyl (C=O) groups is 3. The molecule has 2 rings (SSSR count). The van der Waals surface area contributed by atoms with Crippen molar-refractivity contribution in [2.24, 2.45) is 0 Å². The maximum absolute atomic E-state index is 11.8. The molecule has 1 heterocycles. The van der Waals surface area contributed by atoms with Gasteiger partial charge in [-0.2, -0.15) is 0 Å². The first-order chi connectivity index (χ1) is 10.4. The standard InChI is InChI=1S/C14H14Cl2N2O4/c1-7(9-3-2-8(15)6-10(9)16)22-12(19)5-4-11-13(20)18-14(21)17-11/h2-3,6-7,11H,4-5H2,1H3,(H2,17,18,20,21)/t7-,11+/m0/s1. The number of amides is 3. The van der Waals surface area contributed by atoms with Gasteiger partial charge in [0.1, 0.15) is 12.1 Å². The minimum absolute atomic E-state index is 0.00785. The Bertz CT molecular complexity index is 621. The van der Waals surface area contributed by atoms with Gasteiger partial charge in [0, 0.05) is 22.0 Å². The molecule has 0 spiro atoms. The van der Waals surface area contributed by atoms with Crippen LogP contribution in [0.3, 0.4) is 0 Å². The molecule has 1 saturated heterocycles. The van der Waals surface area contributed by atoms with E-state index in [4.69, 9.17) is 27.9 Å². The van der Waals surface area contributed by atoms with E-state index in [1.54, 1.807) is 25.1 Å². The van der Waals surface area contributed by atoms with Crippen LogP contribution in [0.5, 0.6) is 0 Å². The largest absolute Gasteiger partial charge is 0.458 e. The maximum atomic E-state index is 11.8. The summed E-state index contributed by atoms with van der Waals surface area (Å²) in [7, 11) is 0. The van der Waals surface area contributed by atoms with Gasteiger partial charge >= 0.3 is 12.0 Å². The summed E-state index contributed by atoms with van der Waals surface area (Å²) in [5.41, 5.74) is 0.645. The van der Waals surface area contributed by atoms with E-state index in [0.717, 1.165) is 0 Å². The Morgan fingerprint density at radius 1 is 1.36 bits per heavy atom.